The van der Waals surface area contributed by atoms with Crippen LogP contribution in [0.5, 0.6) is 0 Å². The SMILES string of the molecule is CC(C)n1cncc1Cn1cc(I)cn1. The Balaban J connectivity index is 2.20. The second-order valence-electron chi connectivity index (χ2n) is 3.74. The molecule has 5 heteroatoms. The lowest BCUT2D eigenvalue weighted by Crippen LogP contribution is -2.08. The molecule has 0 aromatic carbocycles. The van der Waals surface area contributed by atoms with Gasteiger partial charge in [0.15, 0.2) is 0 Å². The predicted octanol–water partition coefficient (Wildman–Crippen LogP) is 2.31. The van der Waals surface area contributed by atoms with Gasteiger partial charge in [-0.3, -0.25) is 4.68 Å². The summed E-state index contributed by atoms with van der Waals surface area (Å²) >= 11 is 2.26. The molecule has 0 bridgehead atoms. The van der Waals surface area contributed by atoms with Gasteiger partial charge in [-0.1, -0.05) is 0 Å². The van der Waals surface area contributed by atoms with Crippen molar-refractivity contribution >= 4 is 22.6 Å². The van der Waals surface area contributed by atoms with E-state index in [0.29, 0.717) is 6.04 Å². The average molecular weight is 316 g/mol. The zero-order valence-electron chi connectivity index (χ0n) is 8.76. The van der Waals surface area contributed by atoms with Crippen molar-refractivity contribution in [2.45, 2.75) is 26.4 Å². The summed E-state index contributed by atoms with van der Waals surface area (Å²) < 4.78 is 5.25. The van der Waals surface area contributed by atoms with Gasteiger partial charge in [0.25, 0.3) is 0 Å². The molecule has 80 valence electrons. The number of rotatable bonds is 3. The van der Waals surface area contributed by atoms with Crippen molar-refractivity contribution in [1.82, 2.24) is 19.3 Å². The number of imidazole rings is 1. The van der Waals surface area contributed by atoms with Crippen LogP contribution in [0.3, 0.4) is 0 Å². The van der Waals surface area contributed by atoms with Gasteiger partial charge in [0.1, 0.15) is 0 Å². The Hall–Kier alpha value is -0.850. The molecule has 0 unspecified atom stereocenters. The molecule has 0 radical (unpaired) electrons. The maximum atomic E-state index is 4.26. The highest BCUT2D eigenvalue weighted by Crippen LogP contribution is 2.10. The smallest absolute Gasteiger partial charge is 0.0951 e. The van der Waals surface area contributed by atoms with Crippen LogP contribution in [-0.4, -0.2) is 19.3 Å². The Kier molecular flexibility index (Phi) is 3.08. The van der Waals surface area contributed by atoms with E-state index < -0.39 is 0 Å². The molecule has 15 heavy (non-hydrogen) atoms. The molecular formula is C10H13IN4. The lowest BCUT2D eigenvalue weighted by atomic mass is 10.3. The first kappa shape index (κ1) is 10.7. The van der Waals surface area contributed by atoms with E-state index in [2.05, 4.69) is 51.1 Å². The fourth-order valence-corrected chi connectivity index (χ4v) is 1.96. The van der Waals surface area contributed by atoms with Crippen LogP contribution >= 0.6 is 22.6 Å². The van der Waals surface area contributed by atoms with E-state index in [1.54, 1.807) is 0 Å². The van der Waals surface area contributed by atoms with E-state index in [9.17, 15) is 0 Å². The normalized spacial score (nSPS) is 11.2. The summed E-state index contributed by atoms with van der Waals surface area (Å²) in [5.74, 6) is 0. The summed E-state index contributed by atoms with van der Waals surface area (Å²) in [6.45, 7) is 5.08. The second kappa shape index (κ2) is 4.34. The third-order valence-electron chi connectivity index (χ3n) is 2.23. The van der Waals surface area contributed by atoms with Crippen LogP contribution in [0.25, 0.3) is 0 Å². The molecule has 2 aromatic rings. The molecule has 2 heterocycles. The molecular weight excluding hydrogens is 303 g/mol. The summed E-state index contributed by atoms with van der Waals surface area (Å²) in [6.07, 6.45) is 7.65. The Morgan fingerprint density at radius 1 is 1.40 bits per heavy atom. The van der Waals surface area contributed by atoms with Gasteiger partial charge in [0.2, 0.25) is 0 Å². The van der Waals surface area contributed by atoms with Crippen molar-refractivity contribution in [3.05, 3.63) is 34.2 Å². The van der Waals surface area contributed by atoms with Crippen molar-refractivity contribution in [1.29, 1.82) is 0 Å². The zero-order chi connectivity index (χ0) is 10.8. The van der Waals surface area contributed by atoms with Crippen LogP contribution in [-0.2, 0) is 6.54 Å². The van der Waals surface area contributed by atoms with Gasteiger partial charge < -0.3 is 4.57 Å². The molecule has 2 rings (SSSR count). The van der Waals surface area contributed by atoms with E-state index in [-0.39, 0.29) is 0 Å². The van der Waals surface area contributed by atoms with Crippen LogP contribution in [0.1, 0.15) is 25.6 Å². The van der Waals surface area contributed by atoms with Crippen molar-refractivity contribution in [2.75, 3.05) is 0 Å². The van der Waals surface area contributed by atoms with Gasteiger partial charge in [0.05, 0.1) is 34.5 Å². The Bertz CT molecular complexity index is 444. The third-order valence-corrected chi connectivity index (χ3v) is 2.79. The largest absolute Gasteiger partial charge is 0.330 e. The maximum Gasteiger partial charge on any atom is 0.0951 e. The van der Waals surface area contributed by atoms with Crippen LogP contribution in [0.2, 0.25) is 0 Å². The monoisotopic (exact) mass is 316 g/mol. The maximum absolute atomic E-state index is 4.26. The first-order chi connectivity index (χ1) is 7.16. The zero-order valence-corrected chi connectivity index (χ0v) is 10.9. The summed E-state index contributed by atoms with van der Waals surface area (Å²) in [7, 11) is 0. The minimum absolute atomic E-state index is 0.442. The standard InChI is InChI=1S/C10H13IN4/c1-8(2)15-7-12-4-10(15)6-14-5-9(11)3-13-14/h3-5,7-8H,6H2,1-2H3. The first-order valence-electron chi connectivity index (χ1n) is 4.85. The van der Waals surface area contributed by atoms with Gasteiger partial charge in [-0.15, -0.1) is 0 Å². The third kappa shape index (κ3) is 2.39. The number of hydrogen-bond donors (Lipinski definition) is 0. The molecule has 0 saturated carbocycles. The summed E-state index contributed by atoms with van der Waals surface area (Å²) in [5.41, 5.74) is 1.18. The molecule has 0 amide bonds. The van der Waals surface area contributed by atoms with Crippen molar-refractivity contribution < 1.29 is 0 Å². The molecule has 4 nitrogen and oxygen atoms in total. The highest BCUT2D eigenvalue weighted by molar-refractivity contribution is 14.1. The number of hydrogen-bond acceptors (Lipinski definition) is 2. The van der Waals surface area contributed by atoms with Crippen LogP contribution in [0.4, 0.5) is 0 Å². The van der Waals surface area contributed by atoms with Gasteiger partial charge in [-0.05, 0) is 36.4 Å². The Morgan fingerprint density at radius 3 is 2.80 bits per heavy atom. The first-order valence-corrected chi connectivity index (χ1v) is 5.93. The summed E-state index contributed by atoms with van der Waals surface area (Å²) in [5, 5.41) is 4.26. The van der Waals surface area contributed by atoms with Gasteiger partial charge in [-0.2, -0.15) is 5.10 Å². The highest BCUT2D eigenvalue weighted by Gasteiger charge is 2.06. The van der Waals surface area contributed by atoms with E-state index in [0.717, 1.165) is 10.1 Å². The molecule has 0 aliphatic heterocycles. The lowest BCUT2D eigenvalue weighted by molar-refractivity contribution is 0.548. The van der Waals surface area contributed by atoms with Crippen molar-refractivity contribution in [3.63, 3.8) is 0 Å². The molecule has 0 spiro atoms. The number of halogens is 1. The van der Waals surface area contributed by atoms with E-state index in [4.69, 9.17) is 0 Å². The molecule has 0 aliphatic rings. The van der Waals surface area contributed by atoms with Crippen LogP contribution in [0.15, 0.2) is 24.9 Å². The fourth-order valence-electron chi connectivity index (χ4n) is 1.51. The van der Waals surface area contributed by atoms with Gasteiger partial charge in [0, 0.05) is 12.2 Å². The summed E-state index contributed by atoms with van der Waals surface area (Å²) in [4.78, 5) is 4.17. The number of aromatic nitrogens is 4. The van der Waals surface area contributed by atoms with Crippen molar-refractivity contribution in [2.24, 2.45) is 0 Å². The Labute approximate surface area is 102 Å². The molecule has 0 saturated heterocycles. The van der Waals surface area contributed by atoms with Crippen LogP contribution in [0, 0.1) is 3.57 Å². The molecule has 2 aromatic heterocycles. The van der Waals surface area contributed by atoms with E-state index >= 15 is 0 Å². The minimum atomic E-state index is 0.442. The van der Waals surface area contributed by atoms with Gasteiger partial charge in [-0.25, -0.2) is 4.98 Å². The topological polar surface area (TPSA) is 35.6 Å². The highest BCUT2D eigenvalue weighted by atomic mass is 127. The Morgan fingerprint density at radius 2 is 2.20 bits per heavy atom. The second-order valence-corrected chi connectivity index (χ2v) is 4.99. The molecule has 0 N–H and O–H groups in total. The van der Waals surface area contributed by atoms with Crippen LogP contribution < -0.4 is 0 Å². The molecule has 0 aliphatic carbocycles. The molecule has 0 fully saturated rings. The van der Waals surface area contributed by atoms with E-state index in [1.807, 2.05) is 29.6 Å². The predicted molar refractivity (Wildman–Crippen MR) is 66.7 cm³/mol. The lowest BCUT2D eigenvalue weighted by Gasteiger charge is -2.11. The van der Waals surface area contributed by atoms with Gasteiger partial charge >= 0.3 is 0 Å². The van der Waals surface area contributed by atoms with E-state index in [1.165, 1.54) is 5.69 Å². The van der Waals surface area contributed by atoms with Crippen molar-refractivity contribution in [3.8, 4) is 0 Å². The quantitative estimate of drug-likeness (QED) is 0.815. The minimum Gasteiger partial charge on any atom is -0.330 e. The summed E-state index contributed by atoms with van der Waals surface area (Å²) in [6, 6.07) is 0.442. The number of nitrogens with zero attached hydrogens (tertiary/aromatic N) is 4. The average Bonchev–Trinajstić information content (AvgIpc) is 2.75. The fraction of sp³-hybridized carbons (Fsp3) is 0.400. The molecule has 0 atom stereocenters.